The lowest BCUT2D eigenvalue weighted by molar-refractivity contribution is 0.860. The van der Waals surface area contributed by atoms with Crippen LogP contribution in [0.1, 0.15) is 11.3 Å². The summed E-state index contributed by atoms with van der Waals surface area (Å²) in [6, 6.07) is 10.3. The van der Waals surface area contributed by atoms with E-state index >= 15 is 0 Å². The molecule has 78 valence electrons. The Labute approximate surface area is 89.5 Å². The van der Waals surface area contributed by atoms with Crippen LogP contribution >= 0.6 is 0 Å². The monoisotopic (exact) mass is 201 g/mol. The minimum atomic E-state index is 0.695. The van der Waals surface area contributed by atoms with Crippen molar-refractivity contribution in [3.05, 3.63) is 47.8 Å². The fraction of sp³-hybridized carbons (Fsp3) is 0.250. The van der Waals surface area contributed by atoms with Crippen LogP contribution < -0.4 is 5.73 Å². The van der Waals surface area contributed by atoms with E-state index in [2.05, 4.69) is 29.4 Å². The van der Waals surface area contributed by atoms with Crippen LogP contribution in [0, 0.1) is 6.92 Å². The van der Waals surface area contributed by atoms with Crippen molar-refractivity contribution in [2.24, 2.45) is 5.73 Å². The molecule has 0 aliphatic carbocycles. The summed E-state index contributed by atoms with van der Waals surface area (Å²) >= 11 is 0. The van der Waals surface area contributed by atoms with Crippen LogP contribution in [-0.4, -0.2) is 16.3 Å². The summed E-state index contributed by atoms with van der Waals surface area (Å²) in [7, 11) is 0. The van der Waals surface area contributed by atoms with Gasteiger partial charge in [-0.15, -0.1) is 0 Å². The van der Waals surface area contributed by atoms with Crippen molar-refractivity contribution in [2.45, 2.75) is 13.3 Å². The lowest BCUT2D eigenvalue weighted by Crippen LogP contribution is -2.03. The quantitative estimate of drug-likeness (QED) is 0.821. The number of nitrogens with zero attached hydrogens (tertiary/aromatic N) is 2. The van der Waals surface area contributed by atoms with Gasteiger partial charge in [-0.05, 0) is 43.7 Å². The molecule has 0 spiro atoms. The summed E-state index contributed by atoms with van der Waals surface area (Å²) in [5.74, 6) is 0. The summed E-state index contributed by atoms with van der Waals surface area (Å²) in [4.78, 5) is 0. The van der Waals surface area contributed by atoms with Gasteiger partial charge in [-0.3, -0.25) is 0 Å². The van der Waals surface area contributed by atoms with E-state index in [1.54, 1.807) is 0 Å². The molecule has 0 amide bonds. The van der Waals surface area contributed by atoms with Gasteiger partial charge in [0.25, 0.3) is 0 Å². The van der Waals surface area contributed by atoms with Crippen molar-refractivity contribution >= 4 is 0 Å². The average molecular weight is 201 g/mol. The van der Waals surface area contributed by atoms with Crippen molar-refractivity contribution in [3.8, 4) is 5.69 Å². The van der Waals surface area contributed by atoms with Crippen molar-refractivity contribution in [2.75, 3.05) is 6.54 Å². The maximum atomic E-state index is 5.50. The molecular weight excluding hydrogens is 186 g/mol. The molecule has 1 heterocycles. The SMILES string of the molecule is Cc1ccn(-c2ccc(CCN)cc2)n1. The minimum absolute atomic E-state index is 0.695. The van der Waals surface area contributed by atoms with Gasteiger partial charge in [-0.25, -0.2) is 4.68 Å². The highest BCUT2D eigenvalue weighted by atomic mass is 15.3. The third-order valence-electron chi connectivity index (χ3n) is 2.36. The predicted octanol–water partition coefficient (Wildman–Crippen LogP) is 1.68. The maximum Gasteiger partial charge on any atom is 0.0645 e. The van der Waals surface area contributed by atoms with Crippen molar-refractivity contribution < 1.29 is 0 Å². The van der Waals surface area contributed by atoms with E-state index in [0.717, 1.165) is 17.8 Å². The molecule has 0 fully saturated rings. The number of nitrogens with two attached hydrogens (primary N) is 1. The molecule has 0 aliphatic rings. The fourth-order valence-corrected chi connectivity index (χ4v) is 1.54. The highest BCUT2D eigenvalue weighted by molar-refractivity contribution is 5.34. The van der Waals surface area contributed by atoms with Crippen LogP contribution in [-0.2, 0) is 6.42 Å². The fourth-order valence-electron chi connectivity index (χ4n) is 1.54. The summed E-state index contributed by atoms with van der Waals surface area (Å²) in [5, 5.41) is 4.35. The molecular formula is C12H15N3. The van der Waals surface area contributed by atoms with Gasteiger partial charge in [0, 0.05) is 6.20 Å². The van der Waals surface area contributed by atoms with Crippen LogP contribution in [0.25, 0.3) is 5.69 Å². The zero-order valence-electron chi connectivity index (χ0n) is 8.85. The Morgan fingerprint density at radius 1 is 1.20 bits per heavy atom. The highest BCUT2D eigenvalue weighted by Crippen LogP contribution is 2.09. The van der Waals surface area contributed by atoms with Crippen LogP contribution in [0.15, 0.2) is 36.5 Å². The molecule has 1 aromatic carbocycles. The second-order valence-corrected chi connectivity index (χ2v) is 3.61. The van der Waals surface area contributed by atoms with Crippen molar-refractivity contribution in [1.29, 1.82) is 0 Å². The van der Waals surface area contributed by atoms with Gasteiger partial charge in [0.2, 0.25) is 0 Å². The molecule has 0 radical (unpaired) electrons. The van der Waals surface area contributed by atoms with Gasteiger partial charge in [0.1, 0.15) is 0 Å². The first kappa shape index (κ1) is 9.93. The second-order valence-electron chi connectivity index (χ2n) is 3.61. The normalized spacial score (nSPS) is 10.5. The van der Waals surface area contributed by atoms with Gasteiger partial charge in [0.15, 0.2) is 0 Å². The predicted molar refractivity (Wildman–Crippen MR) is 61.1 cm³/mol. The Morgan fingerprint density at radius 3 is 2.47 bits per heavy atom. The van der Waals surface area contributed by atoms with E-state index < -0.39 is 0 Å². The first-order valence-corrected chi connectivity index (χ1v) is 5.11. The first-order chi connectivity index (χ1) is 7.29. The number of aromatic nitrogens is 2. The molecule has 0 atom stereocenters. The summed E-state index contributed by atoms with van der Waals surface area (Å²) in [6.07, 6.45) is 2.89. The number of aryl methyl sites for hydroxylation is 1. The maximum absolute atomic E-state index is 5.50. The highest BCUT2D eigenvalue weighted by Gasteiger charge is 1.97. The molecule has 0 unspecified atom stereocenters. The van der Waals surface area contributed by atoms with E-state index in [9.17, 15) is 0 Å². The van der Waals surface area contributed by atoms with Crippen molar-refractivity contribution in [3.63, 3.8) is 0 Å². The Kier molecular flexibility index (Phi) is 2.83. The molecule has 3 nitrogen and oxygen atoms in total. The van der Waals surface area contributed by atoms with E-state index in [1.165, 1.54) is 5.56 Å². The molecule has 15 heavy (non-hydrogen) atoms. The molecule has 0 aliphatic heterocycles. The zero-order chi connectivity index (χ0) is 10.7. The topological polar surface area (TPSA) is 43.8 Å². The average Bonchev–Trinajstić information content (AvgIpc) is 2.67. The third kappa shape index (κ3) is 2.25. The molecule has 0 saturated heterocycles. The zero-order valence-corrected chi connectivity index (χ0v) is 8.85. The van der Waals surface area contributed by atoms with Gasteiger partial charge < -0.3 is 5.73 Å². The Bertz CT molecular complexity index is 428. The third-order valence-corrected chi connectivity index (χ3v) is 2.36. The number of rotatable bonds is 3. The van der Waals surface area contributed by atoms with E-state index in [-0.39, 0.29) is 0 Å². The van der Waals surface area contributed by atoms with Crippen LogP contribution in [0.2, 0.25) is 0 Å². The molecule has 3 heteroatoms. The molecule has 2 N–H and O–H groups in total. The van der Waals surface area contributed by atoms with Crippen LogP contribution in [0.4, 0.5) is 0 Å². The summed E-state index contributed by atoms with van der Waals surface area (Å²) in [6.45, 7) is 2.68. The lowest BCUT2D eigenvalue weighted by Gasteiger charge is -2.03. The molecule has 2 rings (SSSR count). The smallest absolute Gasteiger partial charge is 0.0645 e. The second kappa shape index (κ2) is 4.28. The standard InChI is InChI=1S/C12H15N3/c1-10-7-9-15(14-10)12-4-2-11(3-5-12)6-8-13/h2-5,7,9H,6,8,13H2,1H3. The Morgan fingerprint density at radius 2 is 1.93 bits per heavy atom. The van der Waals surface area contributed by atoms with E-state index in [0.29, 0.717) is 6.54 Å². The van der Waals surface area contributed by atoms with Crippen LogP contribution in [0.5, 0.6) is 0 Å². The van der Waals surface area contributed by atoms with E-state index in [4.69, 9.17) is 5.73 Å². The number of hydrogen-bond donors (Lipinski definition) is 1. The molecule has 1 aromatic heterocycles. The molecule has 0 bridgehead atoms. The first-order valence-electron chi connectivity index (χ1n) is 5.11. The number of benzene rings is 1. The molecule has 2 aromatic rings. The number of hydrogen-bond acceptors (Lipinski definition) is 2. The largest absolute Gasteiger partial charge is 0.330 e. The Balaban J connectivity index is 2.23. The molecule has 0 saturated carbocycles. The summed E-state index contributed by atoms with van der Waals surface area (Å²) in [5.41, 5.74) is 8.88. The lowest BCUT2D eigenvalue weighted by atomic mass is 10.1. The van der Waals surface area contributed by atoms with Crippen LogP contribution in [0.3, 0.4) is 0 Å². The van der Waals surface area contributed by atoms with Gasteiger partial charge in [-0.2, -0.15) is 5.10 Å². The minimum Gasteiger partial charge on any atom is -0.330 e. The Hall–Kier alpha value is -1.61. The van der Waals surface area contributed by atoms with E-state index in [1.807, 2.05) is 23.9 Å². The summed E-state index contributed by atoms with van der Waals surface area (Å²) < 4.78 is 1.88. The van der Waals surface area contributed by atoms with Crippen molar-refractivity contribution in [1.82, 2.24) is 9.78 Å². The van der Waals surface area contributed by atoms with Gasteiger partial charge in [0.05, 0.1) is 11.4 Å². The van der Waals surface area contributed by atoms with Gasteiger partial charge in [-0.1, -0.05) is 12.1 Å². The van der Waals surface area contributed by atoms with Gasteiger partial charge >= 0.3 is 0 Å².